The van der Waals surface area contributed by atoms with E-state index < -0.39 is 11.9 Å². The minimum Gasteiger partial charge on any atom is -0.353 e. The van der Waals surface area contributed by atoms with Crippen LogP contribution in [0.25, 0.3) is 0 Å². The van der Waals surface area contributed by atoms with Gasteiger partial charge in [0.1, 0.15) is 23.5 Å². The molecule has 1 aliphatic rings. The molecule has 0 aliphatic carbocycles. The number of imidazole rings is 1. The number of rotatable bonds is 2. The number of nitrogens with zero attached hydrogens (tertiary/aromatic N) is 6. The Morgan fingerprint density at radius 2 is 1.88 bits per heavy atom. The molecule has 0 unspecified atom stereocenters. The monoisotopic (exact) mass is 340 g/mol. The van der Waals surface area contributed by atoms with Gasteiger partial charge in [-0.05, 0) is 0 Å². The predicted octanol–water partition coefficient (Wildman–Crippen LogP) is 1.19. The molecule has 0 saturated carbocycles. The standard InChI is InChI=1S/C14H15F3N6O/c1-21-9-18-7-10(21)13(24)23-4-2-22(3-5-23)12-6-11(14(15,16)17)19-8-20-12/h6-9H,2-5H2,1H3. The normalized spacial score (nSPS) is 15.7. The third-order valence-corrected chi connectivity index (χ3v) is 3.87. The smallest absolute Gasteiger partial charge is 0.353 e. The fraction of sp³-hybridized carbons (Fsp3) is 0.429. The van der Waals surface area contributed by atoms with Crippen molar-refractivity contribution >= 4 is 11.7 Å². The molecule has 3 heterocycles. The van der Waals surface area contributed by atoms with E-state index in [1.807, 2.05) is 0 Å². The van der Waals surface area contributed by atoms with E-state index in [1.165, 1.54) is 6.20 Å². The van der Waals surface area contributed by atoms with Crippen molar-refractivity contribution in [1.29, 1.82) is 0 Å². The Morgan fingerprint density at radius 3 is 2.46 bits per heavy atom. The number of anilines is 1. The lowest BCUT2D eigenvalue weighted by atomic mass is 10.2. The highest BCUT2D eigenvalue weighted by atomic mass is 19.4. The first-order valence-corrected chi connectivity index (χ1v) is 7.26. The lowest BCUT2D eigenvalue weighted by Crippen LogP contribution is -2.49. The molecule has 7 nitrogen and oxygen atoms in total. The van der Waals surface area contributed by atoms with E-state index in [2.05, 4.69) is 15.0 Å². The largest absolute Gasteiger partial charge is 0.433 e. The van der Waals surface area contributed by atoms with E-state index in [4.69, 9.17) is 0 Å². The molecule has 24 heavy (non-hydrogen) atoms. The second-order valence-electron chi connectivity index (χ2n) is 5.43. The zero-order valence-electron chi connectivity index (χ0n) is 12.9. The average molecular weight is 340 g/mol. The molecule has 2 aromatic heterocycles. The van der Waals surface area contributed by atoms with Crippen molar-refractivity contribution in [2.45, 2.75) is 6.18 Å². The van der Waals surface area contributed by atoms with Gasteiger partial charge in [-0.2, -0.15) is 13.2 Å². The number of carbonyl (C=O) groups excluding carboxylic acids is 1. The molecular formula is C14H15F3N6O. The number of aryl methyl sites for hydroxylation is 1. The van der Waals surface area contributed by atoms with E-state index in [-0.39, 0.29) is 11.7 Å². The van der Waals surface area contributed by atoms with Crippen LogP contribution in [-0.4, -0.2) is 56.5 Å². The number of alkyl halides is 3. The molecule has 3 rings (SSSR count). The van der Waals surface area contributed by atoms with Crippen LogP contribution in [0.15, 0.2) is 24.9 Å². The van der Waals surface area contributed by atoms with Crippen molar-refractivity contribution in [3.63, 3.8) is 0 Å². The molecule has 10 heteroatoms. The van der Waals surface area contributed by atoms with Crippen molar-refractivity contribution in [2.24, 2.45) is 7.05 Å². The third-order valence-electron chi connectivity index (χ3n) is 3.87. The van der Waals surface area contributed by atoms with Gasteiger partial charge >= 0.3 is 6.18 Å². The van der Waals surface area contributed by atoms with E-state index in [0.29, 0.717) is 31.9 Å². The highest BCUT2D eigenvalue weighted by molar-refractivity contribution is 5.92. The first kappa shape index (κ1) is 16.2. The zero-order chi connectivity index (χ0) is 17.3. The van der Waals surface area contributed by atoms with Crippen LogP contribution in [0.1, 0.15) is 16.2 Å². The average Bonchev–Trinajstić information content (AvgIpc) is 3.00. The van der Waals surface area contributed by atoms with Crippen LogP contribution >= 0.6 is 0 Å². The van der Waals surface area contributed by atoms with Gasteiger partial charge in [0, 0.05) is 39.3 Å². The molecule has 2 aromatic rings. The van der Waals surface area contributed by atoms with Gasteiger partial charge in [0.2, 0.25) is 0 Å². The first-order chi connectivity index (χ1) is 11.4. The third kappa shape index (κ3) is 3.17. The van der Waals surface area contributed by atoms with Crippen LogP contribution in [0.3, 0.4) is 0 Å². The molecule has 1 amide bonds. The number of hydrogen-bond donors (Lipinski definition) is 0. The van der Waals surface area contributed by atoms with E-state index >= 15 is 0 Å². The Bertz CT molecular complexity index is 736. The second-order valence-corrected chi connectivity index (χ2v) is 5.43. The highest BCUT2D eigenvalue weighted by Gasteiger charge is 2.33. The summed E-state index contributed by atoms with van der Waals surface area (Å²) < 4.78 is 39.8. The quantitative estimate of drug-likeness (QED) is 0.822. The van der Waals surface area contributed by atoms with Gasteiger partial charge < -0.3 is 14.4 Å². The lowest BCUT2D eigenvalue weighted by molar-refractivity contribution is -0.141. The molecule has 1 aliphatic heterocycles. The van der Waals surface area contributed by atoms with Gasteiger partial charge in [0.05, 0.1) is 12.5 Å². The molecule has 1 fully saturated rings. The molecule has 1 saturated heterocycles. The Hall–Kier alpha value is -2.65. The van der Waals surface area contributed by atoms with Gasteiger partial charge in [0.15, 0.2) is 0 Å². The Balaban J connectivity index is 1.67. The van der Waals surface area contributed by atoms with Crippen LogP contribution in [0, 0.1) is 0 Å². The number of amides is 1. The number of hydrogen-bond acceptors (Lipinski definition) is 5. The van der Waals surface area contributed by atoms with Crippen molar-refractivity contribution in [3.05, 3.63) is 36.3 Å². The maximum absolute atomic E-state index is 12.7. The summed E-state index contributed by atoms with van der Waals surface area (Å²) in [5, 5.41) is 0. The molecule has 0 N–H and O–H groups in total. The van der Waals surface area contributed by atoms with Crippen LogP contribution in [0.2, 0.25) is 0 Å². The summed E-state index contributed by atoms with van der Waals surface area (Å²) in [7, 11) is 1.73. The van der Waals surface area contributed by atoms with Crippen LogP contribution in [0.4, 0.5) is 19.0 Å². The predicted molar refractivity (Wildman–Crippen MR) is 78.4 cm³/mol. The maximum atomic E-state index is 12.7. The fourth-order valence-corrected chi connectivity index (χ4v) is 2.54. The molecule has 0 aromatic carbocycles. The Morgan fingerprint density at radius 1 is 1.17 bits per heavy atom. The van der Waals surface area contributed by atoms with Crippen molar-refractivity contribution < 1.29 is 18.0 Å². The van der Waals surface area contributed by atoms with Crippen LogP contribution < -0.4 is 4.90 Å². The lowest BCUT2D eigenvalue weighted by Gasteiger charge is -2.35. The molecule has 0 atom stereocenters. The Labute approximate surface area is 135 Å². The molecular weight excluding hydrogens is 325 g/mol. The second kappa shape index (κ2) is 6.10. The number of carbonyl (C=O) groups is 1. The van der Waals surface area contributed by atoms with Gasteiger partial charge in [-0.1, -0.05) is 0 Å². The van der Waals surface area contributed by atoms with Crippen molar-refractivity contribution in [1.82, 2.24) is 24.4 Å². The van der Waals surface area contributed by atoms with Gasteiger partial charge in [-0.3, -0.25) is 4.79 Å². The number of piperazine rings is 1. The van der Waals surface area contributed by atoms with Crippen LogP contribution in [0.5, 0.6) is 0 Å². The molecule has 128 valence electrons. The molecule has 0 bridgehead atoms. The summed E-state index contributed by atoms with van der Waals surface area (Å²) in [5.41, 5.74) is -0.495. The SMILES string of the molecule is Cn1cncc1C(=O)N1CCN(c2cc(C(F)(F)F)ncn2)CC1. The minimum absolute atomic E-state index is 0.145. The van der Waals surface area contributed by atoms with E-state index in [9.17, 15) is 18.0 Å². The maximum Gasteiger partial charge on any atom is 0.433 e. The van der Waals surface area contributed by atoms with Gasteiger partial charge in [0.25, 0.3) is 5.91 Å². The summed E-state index contributed by atoms with van der Waals surface area (Å²) in [4.78, 5) is 26.8. The molecule has 0 radical (unpaired) electrons. The van der Waals surface area contributed by atoms with Crippen molar-refractivity contribution in [3.8, 4) is 0 Å². The fourth-order valence-electron chi connectivity index (χ4n) is 2.54. The minimum atomic E-state index is -4.50. The highest BCUT2D eigenvalue weighted by Crippen LogP contribution is 2.29. The summed E-state index contributed by atoms with van der Waals surface area (Å²) in [5.74, 6) is 0.0678. The summed E-state index contributed by atoms with van der Waals surface area (Å²) in [6, 6.07) is 0.929. The summed E-state index contributed by atoms with van der Waals surface area (Å²) in [6.07, 6.45) is -0.557. The number of halogens is 3. The summed E-state index contributed by atoms with van der Waals surface area (Å²) >= 11 is 0. The topological polar surface area (TPSA) is 67.2 Å². The molecule has 0 spiro atoms. The first-order valence-electron chi connectivity index (χ1n) is 7.26. The zero-order valence-corrected chi connectivity index (χ0v) is 12.9. The Kier molecular flexibility index (Phi) is 4.12. The van der Waals surface area contributed by atoms with Gasteiger partial charge in [-0.15, -0.1) is 0 Å². The van der Waals surface area contributed by atoms with Gasteiger partial charge in [-0.25, -0.2) is 15.0 Å². The van der Waals surface area contributed by atoms with Crippen LogP contribution in [-0.2, 0) is 13.2 Å². The van der Waals surface area contributed by atoms with E-state index in [0.717, 1.165) is 12.4 Å². The number of aromatic nitrogens is 4. The van der Waals surface area contributed by atoms with Crippen molar-refractivity contribution in [2.75, 3.05) is 31.1 Å². The summed E-state index contributed by atoms with van der Waals surface area (Å²) in [6.45, 7) is 1.60. The van der Waals surface area contributed by atoms with E-state index in [1.54, 1.807) is 27.7 Å².